The second kappa shape index (κ2) is 11.5. The summed E-state index contributed by atoms with van der Waals surface area (Å²) in [6.07, 6.45) is 1.68. The Labute approximate surface area is 223 Å². The summed E-state index contributed by atoms with van der Waals surface area (Å²) in [6, 6.07) is 26.9. The van der Waals surface area contributed by atoms with Crippen molar-refractivity contribution in [2.45, 2.75) is 52.7 Å². The fourth-order valence-corrected chi connectivity index (χ4v) is 5.17. The molecule has 0 spiro atoms. The van der Waals surface area contributed by atoms with Gasteiger partial charge in [-0.2, -0.15) is 0 Å². The molecule has 1 N–H and O–H groups in total. The van der Waals surface area contributed by atoms with Crippen molar-refractivity contribution in [2.24, 2.45) is 0 Å². The average Bonchev–Trinajstić information content (AvgIpc) is 3.37. The number of rotatable bonds is 10. The van der Waals surface area contributed by atoms with Crippen molar-refractivity contribution in [1.82, 2.24) is 30.1 Å². The molecule has 2 aromatic heterocycles. The third-order valence-electron chi connectivity index (χ3n) is 7.17. The van der Waals surface area contributed by atoms with Gasteiger partial charge in [-0.3, -0.25) is 9.69 Å². The number of fused-ring (bicyclic) bond motifs is 1. The third kappa shape index (κ3) is 5.73. The Balaban J connectivity index is 1.49. The van der Waals surface area contributed by atoms with Crippen LogP contribution in [-0.2, 0) is 19.5 Å². The summed E-state index contributed by atoms with van der Waals surface area (Å²) < 4.78 is 1.89. The highest BCUT2D eigenvalue weighted by atomic mass is 16.1. The molecule has 0 unspecified atom stereocenters. The Morgan fingerprint density at radius 3 is 2.53 bits per heavy atom. The molecule has 0 aliphatic heterocycles. The fraction of sp³-hybridized carbons (Fsp3) is 0.290. The molecule has 0 saturated heterocycles. The lowest BCUT2D eigenvalue weighted by Gasteiger charge is -2.30. The number of benzene rings is 3. The third-order valence-corrected chi connectivity index (χ3v) is 7.17. The quantitative estimate of drug-likeness (QED) is 0.275. The molecule has 3 aromatic carbocycles. The van der Waals surface area contributed by atoms with Crippen LogP contribution in [0.25, 0.3) is 10.9 Å². The van der Waals surface area contributed by atoms with E-state index in [1.165, 1.54) is 11.1 Å². The van der Waals surface area contributed by atoms with E-state index in [4.69, 9.17) is 0 Å². The van der Waals surface area contributed by atoms with Gasteiger partial charge < -0.3 is 4.98 Å². The van der Waals surface area contributed by atoms with Crippen LogP contribution in [0.1, 0.15) is 53.0 Å². The van der Waals surface area contributed by atoms with Gasteiger partial charge in [0.1, 0.15) is 0 Å². The maximum atomic E-state index is 13.2. The number of H-pyrrole nitrogens is 1. The van der Waals surface area contributed by atoms with Crippen LogP contribution in [-0.4, -0.2) is 36.6 Å². The van der Waals surface area contributed by atoms with Gasteiger partial charge in [0, 0.05) is 18.7 Å². The number of aromatic amines is 1. The Kier molecular flexibility index (Phi) is 7.75. The number of aromatic nitrogens is 5. The summed E-state index contributed by atoms with van der Waals surface area (Å²) in [5.74, 6) is 0.814. The minimum atomic E-state index is -0.0499. The lowest BCUT2D eigenvalue weighted by molar-refractivity contribution is 0.172. The number of tetrazole rings is 1. The molecule has 7 nitrogen and oxygen atoms in total. The number of hydrogen-bond acceptors (Lipinski definition) is 5. The van der Waals surface area contributed by atoms with E-state index in [0.29, 0.717) is 13.1 Å². The molecule has 1 atom stereocenters. The number of hydrogen-bond donors (Lipinski definition) is 1. The summed E-state index contributed by atoms with van der Waals surface area (Å²) in [5, 5.41) is 13.9. The van der Waals surface area contributed by atoms with Gasteiger partial charge in [-0.05, 0) is 65.3 Å². The average molecular weight is 507 g/mol. The predicted octanol–water partition coefficient (Wildman–Crippen LogP) is 5.38. The number of nitrogens with zero attached hydrogens (tertiary/aromatic N) is 5. The Morgan fingerprint density at radius 2 is 1.74 bits per heavy atom. The fourth-order valence-electron chi connectivity index (χ4n) is 5.17. The van der Waals surface area contributed by atoms with E-state index in [0.717, 1.165) is 52.8 Å². The van der Waals surface area contributed by atoms with Crippen molar-refractivity contribution in [1.29, 1.82) is 0 Å². The lowest BCUT2D eigenvalue weighted by Crippen LogP contribution is -2.34. The molecule has 38 heavy (non-hydrogen) atoms. The molecule has 5 rings (SSSR count). The van der Waals surface area contributed by atoms with Crippen molar-refractivity contribution in [2.75, 3.05) is 6.54 Å². The van der Waals surface area contributed by atoms with Gasteiger partial charge in [-0.15, -0.1) is 5.10 Å². The molecule has 0 bridgehead atoms. The Morgan fingerprint density at radius 1 is 0.947 bits per heavy atom. The maximum absolute atomic E-state index is 13.2. The molecule has 5 aromatic rings. The summed E-state index contributed by atoms with van der Waals surface area (Å²) in [5.41, 5.74) is 6.31. The highest BCUT2D eigenvalue weighted by Crippen LogP contribution is 2.26. The molecule has 0 aliphatic rings. The zero-order valence-electron chi connectivity index (χ0n) is 22.3. The van der Waals surface area contributed by atoms with Crippen LogP contribution >= 0.6 is 0 Å². The number of aryl methyl sites for hydroxylation is 2. The van der Waals surface area contributed by atoms with Crippen molar-refractivity contribution >= 4 is 10.9 Å². The molecule has 0 amide bonds. The number of pyridine rings is 1. The Hall–Kier alpha value is -4.10. The first-order valence-corrected chi connectivity index (χ1v) is 13.2. The molecule has 0 saturated carbocycles. The van der Waals surface area contributed by atoms with Gasteiger partial charge >= 0.3 is 0 Å². The summed E-state index contributed by atoms with van der Waals surface area (Å²) >= 11 is 0. The summed E-state index contributed by atoms with van der Waals surface area (Å²) in [6.45, 7) is 8.16. The maximum Gasteiger partial charge on any atom is 0.252 e. The van der Waals surface area contributed by atoms with Crippen molar-refractivity contribution in [3.8, 4) is 0 Å². The smallest absolute Gasteiger partial charge is 0.252 e. The Bertz CT molecular complexity index is 1570. The van der Waals surface area contributed by atoms with E-state index in [-0.39, 0.29) is 11.6 Å². The van der Waals surface area contributed by atoms with E-state index < -0.39 is 0 Å². The second-order valence-corrected chi connectivity index (χ2v) is 9.98. The molecule has 7 heteroatoms. The molecule has 0 aliphatic carbocycles. The largest absolute Gasteiger partial charge is 0.321 e. The van der Waals surface area contributed by atoms with Gasteiger partial charge in [0.25, 0.3) is 5.56 Å². The lowest BCUT2D eigenvalue weighted by atomic mass is 10.0. The van der Waals surface area contributed by atoms with Gasteiger partial charge in [0.05, 0.1) is 18.1 Å². The molecule has 0 radical (unpaired) electrons. The topological polar surface area (TPSA) is 79.7 Å². The monoisotopic (exact) mass is 506 g/mol. The number of nitrogens with one attached hydrogen (secondary N) is 1. The first kappa shape index (κ1) is 25.5. The first-order valence-electron chi connectivity index (χ1n) is 13.2. The minimum Gasteiger partial charge on any atom is -0.321 e. The zero-order valence-corrected chi connectivity index (χ0v) is 22.3. The molecule has 0 fully saturated rings. The summed E-state index contributed by atoms with van der Waals surface area (Å²) in [7, 11) is 0. The van der Waals surface area contributed by atoms with Crippen LogP contribution in [0.3, 0.4) is 0 Å². The highest BCUT2D eigenvalue weighted by molar-refractivity contribution is 5.81. The molecule has 194 valence electrons. The first-order chi connectivity index (χ1) is 18.5. The summed E-state index contributed by atoms with van der Waals surface area (Å²) in [4.78, 5) is 18.7. The van der Waals surface area contributed by atoms with Gasteiger partial charge in [0.2, 0.25) is 0 Å². The zero-order chi connectivity index (χ0) is 26.5. The van der Waals surface area contributed by atoms with Crippen LogP contribution in [0.4, 0.5) is 0 Å². The number of para-hydroxylation sites is 1. The van der Waals surface area contributed by atoms with Crippen LogP contribution in [0.2, 0.25) is 0 Å². The van der Waals surface area contributed by atoms with Crippen LogP contribution < -0.4 is 5.56 Å². The van der Waals surface area contributed by atoms with E-state index in [1.807, 2.05) is 48.0 Å². The molecule has 2 heterocycles. The molecular formula is C31H34N6O. The van der Waals surface area contributed by atoms with E-state index in [2.05, 4.69) is 81.7 Å². The second-order valence-electron chi connectivity index (χ2n) is 9.98. The van der Waals surface area contributed by atoms with Gasteiger partial charge in [-0.25, -0.2) is 4.68 Å². The minimum absolute atomic E-state index is 0.0499. The van der Waals surface area contributed by atoms with Crippen LogP contribution in [0, 0.1) is 13.8 Å². The normalized spacial score (nSPS) is 12.3. The highest BCUT2D eigenvalue weighted by Gasteiger charge is 2.26. The standard InChI is InChI=1S/C31H34N6O/c1-4-28(30-33-34-35-37(30)20-25-12-6-5-7-13-25)36(17-16-24-14-8-10-22(2)18-24)21-27-19-26-15-9-11-23(3)29(26)32-31(27)38/h5-15,18-19,28H,4,16-17,20-21H2,1-3H3,(H,32,38)/t28-/m0/s1. The van der Waals surface area contributed by atoms with Gasteiger partial charge in [0.15, 0.2) is 5.82 Å². The van der Waals surface area contributed by atoms with Crippen molar-refractivity contribution < 1.29 is 0 Å². The van der Waals surface area contributed by atoms with E-state index >= 15 is 0 Å². The van der Waals surface area contributed by atoms with Crippen LogP contribution in [0.5, 0.6) is 0 Å². The SMILES string of the molecule is CC[C@@H](c1nnnn1Cc1ccccc1)N(CCc1cccc(C)c1)Cc1cc2cccc(C)c2[nH]c1=O. The van der Waals surface area contributed by atoms with E-state index in [1.54, 1.807) is 0 Å². The van der Waals surface area contributed by atoms with Gasteiger partial charge in [-0.1, -0.05) is 85.3 Å². The van der Waals surface area contributed by atoms with E-state index in [9.17, 15) is 4.79 Å². The molecular weight excluding hydrogens is 472 g/mol. The van der Waals surface area contributed by atoms with Crippen molar-refractivity contribution in [3.05, 3.63) is 123 Å². The predicted molar refractivity (Wildman–Crippen MR) is 151 cm³/mol. The van der Waals surface area contributed by atoms with Crippen molar-refractivity contribution in [3.63, 3.8) is 0 Å². The van der Waals surface area contributed by atoms with Crippen LogP contribution in [0.15, 0.2) is 83.7 Å².